The number of halogens is 1. The van der Waals surface area contributed by atoms with E-state index in [0.29, 0.717) is 10.1 Å². The summed E-state index contributed by atoms with van der Waals surface area (Å²) in [6.45, 7) is 4.11. The molecule has 2 aromatic rings. The van der Waals surface area contributed by atoms with Gasteiger partial charge in [-0.15, -0.1) is 0 Å². The third-order valence-corrected chi connectivity index (χ3v) is 3.67. The lowest BCUT2D eigenvalue weighted by Crippen LogP contribution is -2.24. The Bertz CT molecular complexity index is 683. The highest BCUT2D eigenvalue weighted by Crippen LogP contribution is 2.17. The molecule has 0 bridgehead atoms. The van der Waals surface area contributed by atoms with Crippen molar-refractivity contribution in [3.63, 3.8) is 0 Å². The molecule has 0 aliphatic carbocycles. The van der Waals surface area contributed by atoms with Gasteiger partial charge in [0.25, 0.3) is 0 Å². The highest BCUT2D eigenvalue weighted by Gasteiger charge is 2.02. The molecule has 108 valence electrons. The van der Waals surface area contributed by atoms with Crippen LogP contribution < -0.4 is 10.7 Å². The minimum atomic E-state index is 0.437. The van der Waals surface area contributed by atoms with Crippen molar-refractivity contribution in [1.82, 2.24) is 5.43 Å². The zero-order valence-electron chi connectivity index (χ0n) is 11.9. The Morgan fingerprint density at radius 3 is 2.67 bits per heavy atom. The first-order valence-corrected chi connectivity index (χ1v) is 7.27. The van der Waals surface area contributed by atoms with Crippen molar-refractivity contribution in [3.8, 4) is 0 Å². The number of aryl methyl sites for hydroxylation is 1. The van der Waals surface area contributed by atoms with Gasteiger partial charge >= 0.3 is 0 Å². The smallest absolute Gasteiger partial charge is 0.191 e. The molecule has 0 aliphatic rings. The van der Waals surface area contributed by atoms with Gasteiger partial charge in [-0.1, -0.05) is 41.9 Å². The Morgan fingerprint density at radius 2 is 1.90 bits per heavy atom. The molecule has 2 aromatic carbocycles. The minimum Gasteiger partial charge on any atom is -0.331 e. The van der Waals surface area contributed by atoms with Crippen LogP contribution in [0, 0.1) is 13.8 Å². The molecular weight excluding hydrogens is 302 g/mol. The first kappa shape index (κ1) is 15.5. The Kier molecular flexibility index (Phi) is 5.31. The van der Waals surface area contributed by atoms with E-state index in [9.17, 15) is 0 Å². The van der Waals surface area contributed by atoms with Gasteiger partial charge in [-0.2, -0.15) is 5.10 Å². The Hall–Kier alpha value is -1.91. The summed E-state index contributed by atoms with van der Waals surface area (Å²) >= 11 is 11.3. The van der Waals surface area contributed by atoms with Gasteiger partial charge in [0.1, 0.15) is 0 Å². The maximum absolute atomic E-state index is 6.04. The van der Waals surface area contributed by atoms with Gasteiger partial charge in [0.2, 0.25) is 0 Å². The molecule has 3 nitrogen and oxygen atoms in total. The summed E-state index contributed by atoms with van der Waals surface area (Å²) in [7, 11) is 0. The van der Waals surface area contributed by atoms with E-state index in [2.05, 4.69) is 28.8 Å². The average Bonchev–Trinajstić information content (AvgIpc) is 2.46. The normalized spacial score (nSPS) is 10.6. The molecule has 0 aromatic heterocycles. The van der Waals surface area contributed by atoms with Gasteiger partial charge in [-0.3, -0.25) is 5.43 Å². The van der Waals surface area contributed by atoms with Crippen molar-refractivity contribution in [2.24, 2.45) is 5.10 Å². The highest BCUT2D eigenvalue weighted by molar-refractivity contribution is 7.80. The number of hydrazone groups is 1. The standard InChI is InChI=1S/C16H16ClN3S/c1-11-6-5-9-15(12(11)2)19-16(21)20-18-10-13-7-3-4-8-14(13)17/h3-10H,1-2H3,(H2,19,20,21). The number of hydrogen-bond acceptors (Lipinski definition) is 2. The summed E-state index contributed by atoms with van der Waals surface area (Å²) in [4.78, 5) is 0. The topological polar surface area (TPSA) is 36.4 Å². The maximum Gasteiger partial charge on any atom is 0.191 e. The van der Waals surface area contributed by atoms with Crippen LogP contribution in [0.3, 0.4) is 0 Å². The van der Waals surface area contributed by atoms with E-state index < -0.39 is 0 Å². The monoisotopic (exact) mass is 317 g/mol. The third-order valence-electron chi connectivity index (χ3n) is 3.13. The van der Waals surface area contributed by atoms with E-state index in [0.717, 1.165) is 16.8 Å². The molecule has 0 unspecified atom stereocenters. The molecule has 0 spiro atoms. The average molecular weight is 318 g/mol. The fourth-order valence-corrected chi connectivity index (χ4v) is 2.12. The van der Waals surface area contributed by atoms with Crippen LogP contribution >= 0.6 is 23.8 Å². The lowest BCUT2D eigenvalue weighted by molar-refractivity contribution is 1.05. The number of nitrogens with one attached hydrogen (secondary N) is 2. The van der Waals surface area contributed by atoms with E-state index in [4.69, 9.17) is 23.8 Å². The molecule has 0 saturated carbocycles. The van der Waals surface area contributed by atoms with Crippen LogP contribution in [0.25, 0.3) is 0 Å². The van der Waals surface area contributed by atoms with E-state index in [-0.39, 0.29) is 0 Å². The predicted molar refractivity (Wildman–Crippen MR) is 94.3 cm³/mol. The quantitative estimate of drug-likeness (QED) is 0.504. The van der Waals surface area contributed by atoms with Crippen molar-refractivity contribution >= 4 is 40.8 Å². The van der Waals surface area contributed by atoms with Crippen LogP contribution in [0.5, 0.6) is 0 Å². The van der Waals surface area contributed by atoms with Crippen LogP contribution in [0.15, 0.2) is 47.6 Å². The van der Waals surface area contributed by atoms with E-state index in [1.165, 1.54) is 5.56 Å². The summed E-state index contributed by atoms with van der Waals surface area (Å²) < 4.78 is 0. The fourth-order valence-electron chi connectivity index (χ4n) is 1.78. The summed E-state index contributed by atoms with van der Waals surface area (Å²) in [5.74, 6) is 0. The predicted octanol–water partition coefficient (Wildman–Crippen LogP) is 4.28. The molecule has 0 amide bonds. The molecule has 5 heteroatoms. The SMILES string of the molecule is Cc1cccc(NC(=S)NN=Cc2ccccc2Cl)c1C. The van der Waals surface area contributed by atoms with Crippen LogP contribution in [0.4, 0.5) is 5.69 Å². The van der Waals surface area contributed by atoms with Gasteiger partial charge < -0.3 is 5.32 Å². The van der Waals surface area contributed by atoms with Crippen molar-refractivity contribution in [1.29, 1.82) is 0 Å². The van der Waals surface area contributed by atoms with Crippen molar-refractivity contribution in [2.45, 2.75) is 13.8 Å². The second-order valence-corrected chi connectivity index (χ2v) is 5.41. The lowest BCUT2D eigenvalue weighted by Gasteiger charge is -2.11. The Balaban J connectivity index is 1.97. The number of benzene rings is 2. The van der Waals surface area contributed by atoms with Crippen LogP contribution in [-0.4, -0.2) is 11.3 Å². The fraction of sp³-hybridized carbons (Fsp3) is 0.125. The summed E-state index contributed by atoms with van der Waals surface area (Å²) in [6, 6.07) is 13.5. The summed E-state index contributed by atoms with van der Waals surface area (Å²) in [6.07, 6.45) is 1.64. The van der Waals surface area contributed by atoms with Crippen molar-refractivity contribution in [3.05, 3.63) is 64.2 Å². The molecule has 21 heavy (non-hydrogen) atoms. The van der Waals surface area contributed by atoms with E-state index in [1.807, 2.05) is 43.3 Å². The van der Waals surface area contributed by atoms with Crippen molar-refractivity contribution < 1.29 is 0 Å². The number of hydrogen-bond donors (Lipinski definition) is 2. The third kappa shape index (κ3) is 4.28. The van der Waals surface area contributed by atoms with Crippen LogP contribution in [0.2, 0.25) is 5.02 Å². The Labute approximate surface area is 135 Å². The molecule has 0 aliphatic heterocycles. The van der Waals surface area contributed by atoms with Gasteiger partial charge in [0, 0.05) is 16.3 Å². The van der Waals surface area contributed by atoms with Crippen LogP contribution in [-0.2, 0) is 0 Å². The maximum atomic E-state index is 6.04. The number of thiocarbonyl (C=S) groups is 1. The highest BCUT2D eigenvalue weighted by atomic mass is 35.5. The molecule has 0 radical (unpaired) electrons. The van der Waals surface area contributed by atoms with Gasteiger partial charge in [-0.25, -0.2) is 0 Å². The van der Waals surface area contributed by atoms with Gasteiger partial charge in [0.05, 0.1) is 6.21 Å². The first-order chi connectivity index (χ1) is 10.1. The molecule has 0 saturated heterocycles. The number of rotatable bonds is 3. The van der Waals surface area contributed by atoms with Crippen LogP contribution in [0.1, 0.15) is 16.7 Å². The lowest BCUT2D eigenvalue weighted by atomic mass is 10.1. The molecule has 2 N–H and O–H groups in total. The number of nitrogens with zero attached hydrogens (tertiary/aromatic N) is 1. The second-order valence-electron chi connectivity index (χ2n) is 4.59. The molecule has 2 rings (SSSR count). The zero-order chi connectivity index (χ0) is 15.2. The molecular formula is C16H16ClN3S. The molecule has 0 atom stereocenters. The zero-order valence-corrected chi connectivity index (χ0v) is 13.4. The summed E-state index contributed by atoms with van der Waals surface area (Å²) in [5.41, 5.74) is 6.97. The first-order valence-electron chi connectivity index (χ1n) is 6.48. The summed E-state index contributed by atoms with van der Waals surface area (Å²) in [5, 5.41) is 8.30. The number of anilines is 1. The van der Waals surface area contributed by atoms with E-state index >= 15 is 0 Å². The largest absolute Gasteiger partial charge is 0.331 e. The molecule has 0 fully saturated rings. The van der Waals surface area contributed by atoms with Gasteiger partial charge in [0.15, 0.2) is 5.11 Å². The van der Waals surface area contributed by atoms with Gasteiger partial charge in [-0.05, 0) is 49.3 Å². The minimum absolute atomic E-state index is 0.437. The Morgan fingerprint density at radius 1 is 1.14 bits per heavy atom. The second kappa shape index (κ2) is 7.20. The van der Waals surface area contributed by atoms with E-state index in [1.54, 1.807) is 6.21 Å². The van der Waals surface area contributed by atoms with Crippen molar-refractivity contribution in [2.75, 3.05) is 5.32 Å². The molecule has 0 heterocycles.